The summed E-state index contributed by atoms with van der Waals surface area (Å²) < 4.78 is 18.6. The fraction of sp³-hybridized carbons (Fsp3) is 0.579. The first-order chi connectivity index (χ1) is 12.3. The predicted molar refractivity (Wildman–Crippen MR) is 93.7 cm³/mol. The van der Waals surface area contributed by atoms with Crippen molar-refractivity contribution >= 4 is 0 Å². The van der Waals surface area contributed by atoms with Crippen molar-refractivity contribution in [2.75, 3.05) is 32.7 Å². The zero-order valence-electron chi connectivity index (χ0n) is 14.5. The minimum Gasteiger partial charge on any atom is -0.339 e. The quantitative estimate of drug-likeness (QED) is 0.924. The maximum absolute atomic E-state index is 13.1. The van der Waals surface area contributed by atoms with Crippen molar-refractivity contribution in [2.24, 2.45) is 5.92 Å². The van der Waals surface area contributed by atoms with Crippen molar-refractivity contribution in [3.63, 3.8) is 0 Å². The Bertz CT molecular complexity index is 681. The molecule has 5 nitrogen and oxygen atoms in total. The molecule has 1 N–H and O–H groups in total. The summed E-state index contributed by atoms with van der Waals surface area (Å²) in [6.45, 7) is 5.63. The van der Waals surface area contributed by atoms with E-state index in [4.69, 9.17) is 4.52 Å². The normalized spacial score (nSPS) is 23.0. The van der Waals surface area contributed by atoms with E-state index in [1.54, 1.807) is 12.1 Å². The largest absolute Gasteiger partial charge is 0.339 e. The van der Waals surface area contributed by atoms with Crippen LogP contribution in [-0.2, 0) is 0 Å². The van der Waals surface area contributed by atoms with Gasteiger partial charge in [-0.1, -0.05) is 5.16 Å². The van der Waals surface area contributed by atoms with Crippen LogP contribution in [0.2, 0.25) is 0 Å². The van der Waals surface area contributed by atoms with Gasteiger partial charge in [-0.2, -0.15) is 4.98 Å². The Hall–Kier alpha value is -1.79. The van der Waals surface area contributed by atoms with E-state index in [-0.39, 0.29) is 5.82 Å². The molecule has 4 rings (SSSR count). The van der Waals surface area contributed by atoms with Crippen LogP contribution < -0.4 is 5.32 Å². The number of hydrogen-bond acceptors (Lipinski definition) is 5. The molecule has 0 bridgehead atoms. The average molecular weight is 344 g/mol. The second-order valence-electron chi connectivity index (χ2n) is 7.26. The van der Waals surface area contributed by atoms with Crippen molar-refractivity contribution in [3.05, 3.63) is 36.0 Å². The summed E-state index contributed by atoms with van der Waals surface area (Å²) in [5.41, 5.74) is 0.791. The van der Waals surface area contributed by atoms with Crippen molar-refractivity contribution in [3.8, 4) is 11.4 Å². The van der Waals surface area contributed by atoms with Crippen LogP contribution in [0.1, 0.15) is 37.5 Å². The van der Waals surface area contributed by atoms with Gasteiger partial charge in [0.25, 0.3) is 0 Å². The smallest absolute Gasteiger partial charge is 0.231 e. The fourth-order valence-corrected chi connectivity index (χ4v) is 3.97. The monoisotopic (exact) mass is 344 g/mol. The molecule has 0 radical (unpaired) electrons. The van der Waals surface area contributed by atoms with Crippen molar-refractivity contribution in [1.82, 2.24) is 20.4 Å². The lowest BCUT2D eigenvalue weighted by Crippen LogP contribution is -2.40. The molecule has 3 heterocycles. The first-order valence-electron chi connectivity index (χ1n) is 9.30. The lowest BCUT2D eigenvalue weighted by Gasteiger charge is -2.35. The van der Waals surface area contributed by atoms with Crippen LogP contribution in [0, 0.1) is 11.7 Å². The third-order valence-electron chi connectivity index (χ3n) is 5.37. The van der Waals surface area contributed by atoms with Gasteiger partial charge in [-0.3, -0.25) is 0 Å². The summed E-state index contributed by atoms with van der Waals surface area (Å²) in [6, 6.07) is 6.22. The maximum atomic E-state index is 13.1. The molecule has 25 heavy (non-hydrogen) atoms. The Labute approximate surface area is 147 Å². The Morgan fingerprint density at radius 1 is 1.16 bits per heavy atom. The zero-order valence-corrected chi connectivity index (χ0v) is 14.5. The predicted octanol–water partition coefficient (Wildman–Crippen LogP) is 3.05. The number of piperidine rings is 2. The van der Waals surface area contributed by atoms with E-state index in [0.29, 0.717) is 17.6 Å². The molecule has 2 aromatic rings. The van der Waals surface area contributed by atoms with Gasteiger partial charge < -0.3 is 14.7 Å². The third-order valence-corrected chi connectivity index (χ3v) is 5.37. The molecular formula is C19H25FN4O. The number of halogens is 1. The number of likely N-dealkylation sites (tertiary alicyclic amines) is 1. The molecular weight excluding hydrogens is 319 g/mol. The first kappa shape index (κ1) is 16.7. The van der Waals surface area contributed by atoms with Gasteiger partial charge in [0.15, 0.2) is 0 Å². The van der Waals surface area contributed by atoms with Gasteiger partial charge in [-0.15, -0.1) is 0 Å². The number of nitrogens with one attached hydrogen (secondary N) is 1. The molecule has 6 heteroatoms. The molecule has 0 saturated carbocycles. The van der Waals surface area contributed by atoms with Gasteiger partial charge in [-0.25, -0.2) is 4.39 Å². The molecule has 1 unspecified atom stereocenters. The molecule has 0 amide bonds. The highest BCUT2D eigenvalue weighted by Crippen LogP contribution is 2.28. The molecule has 1 aromatic heterocycles. The van der Waals surface area contributed by atoms with E-state index in [0.717, 1.165) is 37.5 Å². The summed E-state index contributed by atoms with van der Waals surface area (Å²) >= 11 is 0. The summed E-state index contributed by atoms with van der Waals surface area (Å²) in [5, 5.41) is 7.53. The number of nitrogens with zero attached hydrogens (tertiary/aromatic N) is 3. The Balaban J connectivity index is 1.40. The molecule has 0 aliphatic carbocycles. The van der Waals surface area contributed by atoms with E-state index in [1.807, 2.05) is 0 Å². The maximum Gasteiger partial charge on any atom is 0.231 e. The second-order valence-corrected chi connectivity index (χ2v) is 7.26. The van der Waals surface area contributed by atoms with Gasteiger partial charge in [0, 0.05) is 18.7 Å². The minimum atomic E-state index is -0.256. The topological polar surface area (TPSA) is 54.2 Å². The van der Waals surface area contributed by atoms with Crippen LogP contribution in [0.25, 0.3) is 11.4 Å². The molecule has 134 valence electrons. The SMILES string of the molecule is Fc1ccc(-c2noc(C3CCCN(CC4CCNCC4)C3)n2)cc1. The highest BCUT2D eigenvalue weighted by Gasteiger charge is 2.28. The lowest BCUT2D eigenvalue weighted by atomic mass is 9.93. The van der Waals surface area contributed by atoms with Crippen LogP contribution in [-0.4, -0.2) is 47.8 Å². The molecule has 0 spiro atoms. The summed E-state index contributed by atoms with van der Waals surface area (Å²) in [4.78, 5) is 7.14. The van der Waals surface area contributed by atoms with Crippen molar-refractivity contribution in [1.29, 1.82) is 0 Å². The van der Waals surface area contributed by atoms with E-state index >= 15 is 0 Å². The van der Waals surface area contributed by atoms with E-state index < -0.39 is 0 Å². The lowest BCUT2D eigenvalue weighted by molar-refractivity contribution is 0.151. The Morgan fingerprint density at radius 3 is 2.76 bits per heavy atom. The van der Waals surface area contributed by atoms with E-state index in [9.17, 15) is 4.39 Å². The highest BCUT2D eigenvalue weighted by molar-refractivity contribution is 5.53. The molecule has 2 saturated heterocycles. The van der Waals surface area contributed by atoms with Crippen LogP contribution in [0.15, 0.2) is 28.8 Å². The molecule has 2 fully saturated rings. The number of benzene rings is 1. The molecule has 2 aliphatic rings. The molecule has 1 aromatic carbocycles. The van der Waals surface area contributed by atoms with Gasteiger partial charge in [0.05, 0.1) is 5.92 Å². The van der Waals surface area contributed by atoms with Crippen LogP contribution >= 0.6 is 0 Å². The standard InChI is InChI=1S/C19H25FN4O/c20-17-5-3-15(4-6-17)18-22-19(25-23-18)16-2-1-11-24(13-16)12-14-7-9-21-10-8-14/h3-6,14,16,21H,1-2,7-13H2. The molecule has 2 aliphatic heterocycles. The van der Waals surface area contributed by atoms with Gasteiger partial charge in [0.2, 0.25) is 11.7 Å². The summed E-state index contributed by atoms with van der Waals surface area (Å²) in [6.07, 6.45) is 4.81. The number of aromatic nitrogens is 2. The van der Waals surface area contributed by atoms with Crippen molar-refractivity contribution < 1.29 is 8.91 Å². The minimum absolute atomic E-state index is 0.256. The summed E-state index contributed by atoms with van der Waals surface area (Å²) in [5.74, 6) is 2.11. The van der Waals surface area contributed by atoms with E-state index in [1.165, 1.54) is 44.5 Å². The summed E-state index contributed by atoms with van der Waals surface area (Å²) in [7, 11) is 0. The Morgan fingerprint density at radius 2 is 1.96 bits per heavy atom. The van der Waals surface area contributed by atoms with Crippen LogP contribution in [0.5, 0.6) is 0 Å². The van der Waals surface area contributed by atoms with Gasteiger partial charge in [-0.05, 0) is 75.5 Å². The average Bonchev–Trinajstić information content (AvgIpc) is 3.14. The van der Waals surface area contributed by atoms with Crippen LogP contribution in [0.3, 0.4) is 0 Å². The zero-order chi connectivity index (χ0) is 17.1. The Kier molecular flexibility index (Phi) is 5.08. The third kappa shape index (κ3) is 4.07. The molecule has 1 atom stereocenters. The second kappa shape index (κ2) is 7.62. The van der Waals surface area contributed by atoms with Gasteiger partial charge in [0.1, 0.15) is 5.82 Å². The van der Waals surface area contributed by atoms with Crippen LogP contribution in [0.4, 0.5) is 4.39 Å². The van der Waals surface area contributed by atoms with Gasteiger partial charge >= 0.3 is 0 Å². The number of hydrogen-bond donors (Lipinski definition) is 1. The number of rotatable bonds is 4. The fourth-order valence-electron chi connectivity index (χ4n) is 3.97. The highest BCUT2D eigenvalue weighted by atomic mass is 19.1. The van der Waals surface area contributed by atoms with Crippen molar-refractivity contribution in [2.45, 2.75) is 31.6 Å². The van der Waals surface area contributed by atoms with E-state index in [2.05, 4.69) is 20.4 Å². The first-order valence-corrected chi connectivity index (χ1v) is 9.30.